The van der Waals surface area contributed by atoms with Gasteiger partial charge in [-0.15, -0.1) is 0 Å². The molecule has 0 saturated heterocycles. The Morgan fingerprint density at radius 2 is 2.29 bits per heavy atom. The number of carbonyl (C=O) groups is 1. The number of pyridine rings is 1. The van der Waals surface area contributed by atoms with Crippen LogP contribution in [0, 0.1) is 0 Å². The molecule has 0 N–H and O–H groups in total. The molecule has 72 valence electrons. The Hall–Kier alpha value is -1.91. The number of aryl methyl sites for hydroxylation is 1. The lowest BCUT2D eigenvalue weighted by molar-refractivity contribution is -0.108. The molecule has 5 nitrogen and oxygen atoms in total. The van der Waals surface area contributed by atoms with Gasteiger partial charge in [0, 0.05) is 13.2 Å². The summed E-state index contributed by atoms with van der Waals surface area (Å²) in [5.41, 5.74) is 1.28. The van der Waals surface area contributed by atoms with Crippen molar-refractivity contribution < 1.29 is 4.79 Å². The van der Waals surface area contributed by atoms with Gasteiger partial charge in [-0.25, -0.2) is 4.79 Å². The minimum atomic E-state index is -0.194. The molecule has 0 amide bonds. The van der Waals surface area contributed by atoms with Gasteiger partial charge < -0.3 is 4.79 Å². The van der Waals surface area contributed by atoms with E-state index in [1.807, 2.05) is 0 Å². The average molecular weight is 191 g/mol. The molecule has 0 bridgehead atoms. The third kappa shape index (κ3) is 1.06. The van der Waals surface area contributed by atoms with E-state index in [-0.39, 0.29) is 12.2 Å². The van der Waals surface area contributed by atoms with E-state index in [1.54, 1.807) is 25.5 Å². The first-order chi connectivity index (χ1) is 6.75. The summed E-state index contributed by atoms with van der Waals surface area (Å²) in [4.78, 5) is 25.9. The average Bonchev–Trinajstić information content (AvgIpc) is 2.45. The number of imidazole rings is 1. The van der Waals surface area contributed by atoms with Crippen LogP contribution in [0.2, 0.25) is 0 Å². The van der Waals surface area contributed by atoms with Gasteiger partial charge in [0.05, 0.1) is 23.8 Å². The van der Waals surface area contributed by atoms with Gasteiger partial charge in [0.15, 0.2) is 0 Å². The molecule has 5 heteroatoms. The van der Waals surface area contributed by atoms with Gasteiger partial charge in [0.25, 0.3) is 0 Å². The topological polar surface area (TPSA) is 56.9 Å². The van der Waals surface area contributed by atoms with E-state index in [1.165, 1.54) is 9.13 Å². The summed E-state index contributed by atoms with van der Waals surface area (Å²) in [6.07, 6.45) is 3.92. The van der Waals surface area contributed by atoms with Crippen molar-refractivity contribution in [2.75, 3.05) is 0 Å². The van der Waals surface area contributed by atoms with Crippen molar-refractivity contribution in [3.63, 3.8) is 0 Å². The minimum Gasteiger partial charge on any atom is -0.301 e. The first-order valence-corrected chi connectivity index (χ1v) is 4.18. The molecule has 0 radical (unpaired) electrons. The molecular formula is C9H9N3O2. The quantitative estimate of drug-likeness (QED) is 0.624. The van der Waals surface area contributed by atoms with Crippen LogP contribution in [-0.4, -0.2) is 20.4 Å². The van der Waals surface area contributed by atoms with Crippen LogP contribution >= 0.6 is 0 Å². The minimum absolute atomic E-state index is 0.0835. The number of aromatic nitrogens is 3. The number of hydrogen-bond donors (Lipinski definition) is 0. The van der Waals surface area contributed by atoms with Gasteiger partial charge in [-0.2, -0.15) is 0 Å². The summed E-state index contributed by atoms with van der Waals surface area (Å²) in [7, 11) is 1.66. The Labute approximate surface area is 79.6 Å². The standard InChI is InChI=1S/C9H9N3O2/c1-11-8-6-10-3-2-7(8)12(4-5-13)9(11)14/h2-3,5-6H,4H2,1H3. The van der Waals surface area contributed by atoms with Crippen molar-refractivity contribution >= 4 is 17.3 Å². The highest BCUT2D eigenvalue weighted by Gasteiger charge is 2.08. The molecule has 0 atom stereocenters. The van der Waals surface area contributed by atoms with Gasteiger partial charge >= 0.3 is 5.69 Å². The van der Waals surface area contributed by atoms with E-state index in [9.17, 15) is 9.59 Å². The van der Waals surface area contributed by atoms with E-state index in [0.717, 1.165) is 11.0 Å². The number of carbonyl (C=O) groups excluding carboxylic acids is 1. The molecule has 0 saturated carbocycles. The third-order valence-electron chi connectivity index (χ3n) is 2.20. The number of hydrogen-bond acceptors (Lipinski definition) is 3. The maximum absolute atomic E-state index is 11.6. The fourth-order valence-electron chi connectivity index (χ4n) is 1.50. The van der Waals surface area contributed by atoms with Crippen molar-refractivity contribution in [3.8, 4) is 0 Å². The molecule has 2 rings (SSSR count). The maximum Gasteiger partial charge on any atom is 0.329 e. The van der Waals surface area contributed by atoms with Gasteiger partial charge in [-0.1, -0.05) is 0 Å². The third-order valence-corrected chi connectivity index (χ3v) is 2.20. The van der Waals surface area contributed by atoms with Crippen molar-refractivity contribution in [1.82, 2.24) is 14.1 Å². The second-order valence-electron chi connectivity index (χ2n) is 2.98. The van der Waals surface area contributed by atoms with Crippen LogP contribution in [0.1, 0.15) is 0 Å². The van der Waals surface area contributed by atoms with Crippen molar-refractivity contribution in [2.24, 2.45) is 7.05 Å². The second-order valence-corrected chi connectivity index (χ2v) is 2.98. The first kappa shape index (κ1) is 8.68. The molecule has 0 aliphatic heterocycles. The highest BCUT2D eigenvalue weighted by Crippen LogP contribution is 2.08. The Balaban J connectivity index is 2.87. The molecule has 2 aromatic rings. The number of aldehydes is 1. The van der Waals surface area contributed by atoms with Gasteiger partial charge in [-0.3, -0.25) is 14.1 Å². The Morgan fingerprint density at radius 1 is 1.50 bits per heavy atom. The van der Waals surface area contributed by atoms with Crippen LogP contribution in [0.15, 0.2) is 23.3 Å². The molecule has 0 aliphatic carbocycles. The summed E-state index contributed by atoms with van der Waals surface area (Å²) in [5.74, 6) is 0. The van der Waals surface area contributed by atoms with Crippen LogP contribution in [0.5, 0.6) is 0 Å². The predicted molar refractivity (Wildman–Crippen MR) is 51.0 cm³/mol. The zero-order valence-electron chi connectivity index (χ0n) is 7.67. The fourth-order valence-corrected chi connectivity index (χ4v) is 1.50. The summed E-state index contributed by atoms with van der Waals surface area (Å²) >= 11 is 0. The van der Waals surface area contributed by atoms with Crippen LogP contribution in [0.3, 0.4) is 0 Å². The lowest BCUT2D eigenvalue weighted by Gasteiger charge is -1.94. The van der Waals surface area contributed by atoms with Crippen LogP contribution < -0.4 is 5.69 Å². The Kier molecular flexibility index (Phi) is 1.92. The summed E-state index contributed by atoms with van der Waals surface area (Å²) < 4.78 is 2.90. The van der Waals surface area contributed by atoms with Crippen LogP contribution in [0.25, 0.3) is 11.0 Å². The van der Waals surface area contributed by atoms with Crippen molar-refractivity contribution in [2.45, 2.75) is 6.54 Å². The van der Waals surface area contributed by atoms with E-state index < -0.39 is 0 Å². The lowest BCUT2D eigenvalue weighted by Crippen LogP contribution is -2.22. The van der Waals surface area contributed by atoms with E-state index in [4.69, 9.17) is 0 Å². The lowest BCUT2D eigenvalue weighted by atomic mass is 10.4. The monoisotopic (exact) mass is 191 g/mol. The SMILES string of the molecule is Cn1c(=O)n(CC=O)c2ccncc21. The normalized spacial score (nSPS) is 10.6. The van der Waals surface area contributed by atoms with E-state index >= 15 is 0 Å². The highest BCUT2D eigenvalue weighted by atomic mass is 16.2. The van der Waals surface area contributed by atoms with Gasteiger partial charge in [0.2, 0.25) is 0 Å². The zero-order chi connectivity index (χ0) is 10.1. The zero-order valence-corrected chi connectivity index (χ0v) is 7.67. The molecule has 0 aromatic carbocycles. The fraction of sp³-hybridized carbons (Fsp3) is 0.222. The highest BCUT2D eigenvalue weighted by molar-refractivity contribution is 5.75. The Bertz CT molecular complexity index is 538. The number of fused-ring (bicyclic) bond motifs is 1. The number of rotatable bonds is 2. The van der Waals surface area contributed by atoms with E-state index in [0.29, 0.717) is 6.29 Å². The van der Waals surface area contributed by atoms with Crippen LogP contribution in [-0.2, 0) is 18.4 Å². The molecule has 0 unspecified atom stereocenters. The second kappa shape index (κ2) is 3.10. The molecule has 14 heavy (non-hydrogen) atoms. The number of nitrogens with zero attached hydrogens (tertiary/aromatic N) is 3. The molecule has 0 fully saturated rings. The molecule has 0 spiro atoms. The van der Waals surface area contributed by atoms with Crippen molar-refractivity contribution in [1.29, 1.82) is 0 Å². The maximum atomic E-state index is 11.6. The summed E-state index contributed by atoms with van der Waals surface area (Å²) in [6, 6.07) is 1.72. The van der Waals surface area contributed by atoms with Gasteiger partial charge in [-0.05, 0) is 6.07 Å². The molecular weight excluding hydrogens is 182 g/mol. The Morgan fingerprint density at radius 3 is 3.00 bits per heavy atom. The predicted octanol–water partition coefficient (Wildman–Crippen LogP) is -0.0661. The molecule has 2 heterocycles. The molecule has 2 aromatic heterocycles. The largest absolute Gasteiger partial charge is 0.329 e. The summed E-state index contributed by atoms with van der Waals surface area (Å²) in [5, 5.41) is 0. The molecule has 0 aliphatic rings. The van der Waals surface area contributed by atoms with E-state index in [2.05, 4.69) is 4.98 Å². The van der Waals surface area contributed by atoms with Crippen molar-refractivity contribution in [3.05, 3.63) is 28.9 Å². The summed E-state index contributed by atoms with van der Waals surface area (Å²) in [6.45, 7) is 0.0835. The van der Waals surface area contributed by atoms with Crippen LogP contribution in [0.4, 0.5) is 0 Å². The van der Waals surface area contributed by atoms with Gasteiger partial charge in [0.1, 0.15) is 6.29 Å². The smallest absolute Gasteiger partial charge is 0.301 e. The first-order valence-electron chi connectivity index (χ1n) is 4.18.